The molecule has 0 aliphatic carbocycles. The van der Waals surface area contributed by atoms with Crippen LogP contribution >= 0.6 is 0 Å². The van der Waals surface area contributed by atoms with Gasteiger partial charge in [0.15, 0.2) is 5.96 Å². The average Bonchev–Trinajstić information content (AvgIpc) is 3.21. The molecule has 28 heavy (non-hydrogen) atoms. The monoisotopic (exact) mass is 393 g/mol. The summed E-state index contributed by atoms with van der Waals surface area (Å²) >= 11 is 0. The number of benzene rings is 1. The molecule has 1 aliphatic heterocycles. The van der Waals surface area contributed by atoms with Crippen molar-refractivity contribution in [3.8, 4) is 5.75 Å². The normalized spacial score (nSPS) is 17.0. The van der Waals surface area contributed by atoms with Gasteiger partial charge in [0.25, 0.3) is 0 Å². The number of aryl methyl sites for hydroxylation is 1. The van der Waals surface area contributed by atoms with Crippen molar-refractivity contribution < 1.29 is 18.9 Å². The summed E-state index contributed by atoms with van der Waals surface area (Å²) in [7, 11) is 3.44. The number of guanidine groups is 1. The Kier molecular flexibility index (Phi) is 10.7. The van der Waals surface area contributed by atoms with Crippen molar-refractivity contribution in [2.45, 2.75) is 38.8 Å². The summed E-state index contributed by atoms with van der Waals surface area (Å²) in [5, 5.41) is 6.66. The number of nitrogens with one attached hydrogen (secondary N) is 2. The zero-order chi connectivity index (χ0) is 20.0. The molecule has 1 atom stereocenters. The third-order valence-electron chi connectivity index (χ3n) is 4.52. The van der Waals surface area contributed by atoms with E-state index in [-0.39, 0.29) is 6.10 Å². The third kappa shape index (κ3) is 8.46. The van der Waals surface area contributed by atoms with Gasteiger partial charge in [-0.15, -0.1) is 0 Å². The Morgan fingerprint density at radius 3 is 2.89 bits per heavy atom. The van der Waals surface area contributed by atoms with Gasteiger partial charge in [-0.2, -0.15) is 0 Å². The predicted octanol–water partition coefficient (Wildman–Crippen LogP) is 2.27. The summed E-state index contributed by atoms with van der Waals surface area (Å²) in [6.07, 6.45) is 3.48. The molecule has 0 aromatic heterocycles. The maximum absolute atomic E-state index is 5.84. The van der Waals surface area contributed by atoms with Crippen molar-refractivity contribution in [1.29, 1.82) is 0 Å². The molecule has 7 nitrogen and oxygen atoms in total. The van der Waals surface area contributed by atoms with Crippen molar-refractivity contribution in [3.05, 3.63) is 29.3 Å². The third-order valence-corrected chi connectivity index (χ3v) is 4.52. The molecule has 0 amide bonds. The molecule has 1 aliphatic rings. The van der Waals surface area contributed by atoms with Gasteiger partial charge < -0.3 is 29.6 Å². The number of nitrogens with zero attached hydrogens (tertiary/aromatic N) is 1. The molecule has 158 valence electrons. The Morgan fingerprint density at radius 1 is 1.25 bits per heavy atom. The molecule has 2 N–H and O–H groups in total. The first-order chi connectivity index (χ1) is 13.7. The van der Waals surface area contributed by atoms with Crippen LogP contribution in [0.5, 0.6) is 5.75 Å². The predicted molar refractivity (Wildman–Crippen MR) is 111 cm³/mol. The van der Waals surface area contributed by atoms with Crippen molar-refractivity contribution in [2.75, 3.05) is 53.7 Å². The number of hydrogen-bond acceptors (Lipinski definition) is 5. The van der Waals surface area contributed by atoms with Crippen molar-refractivity contribution >= 4 is 5.96 Å². The van der Waals surface area contributed by atoms with E-state index in [0.717, 1.165) is 56.3 Å². The lowest BCUT2D eigenvalue weighted by Crippen LogP contribution is -2.37. The highest BCUT2D eigenvalue weighted by Crippen LogP contribution is 2.20. The minimum absolute atomic E-state index is 0.289. The Hall–Kier alpha value is -1.83. The zero-order valence-corrected chi connectivity index (χ0v) is 17.5. The van der Waals surface area contributed by atoms with Gasteiger partial charge in [0, 0.05) is 46.0 Å². The molecule has 1 fully saturated rings. The van der Waals surface area contributed by atoms with Gasteiger partial charge in [-0.3, -0.25) is 4.99 Å². The van der Waals surface area contributed by atoms with E-state index in [0.29, 0.717) is 26.4 Å². The smallest absolute Gasteiger partial charge is 0.191 e. The number of aliphatic imine (C=N–C) groups is 1. The maximum atomic E-state index is 5.84. The quantitative estimate of drug-likeness (QED) is 0.322. The summed E-state index contributed by atoms with van der Waals surface area (Å²) in [5.74, 6) is 1.64. The van der Waals surface area contributed by atoms with Crippen LogP contribution in [0, 0.1) is 6.92 Å². The maximum Gasteiger partial charge on any atom is 0.191 e. The molecule has 2 rings (SSSR count). The summed E-state index contributed by atoms with van der Waals surface area (Å²) in [6.45, 7) is 6.89. The van der Waals surface area contributed by atoms with E-state index >= 15 is 0 Å². The first-order valence-corrected chi connectivity index (χ1v) is 10.1. The number of rotatable bonds is 12. The van der Waals surface area contributed by atoms with E-state index < -0.39 is 0 Å². The molecule has 1 saturated heterocycles. The van der Waals surface area contributed by atoms with Crippen LogP contribution < -0.4 is 15.4 Å². The van der Waals surface area contributed by atoms with Crippen molar-refractivity contribution in [1.82, 2.24) is 10.6 Å². The fourth-order valence-electron chi connectivity index (χ4n) is 2.95. The number of ether oxygens (including phenoxy) is 4. The lowest BCUT2D eigenvalue weighted by atomic mass is 10.1. The topological polar surface area (TPSA) is 73.3 Å². The van der Waals surface area contributed by atoms with Crippen LogP contribution in [-0.4, -0.2) is 65.8 Å². The van der Waals surface area contributed by atoms with Crippen LogP contribution in [0.2, 0.25) is 0 Å². The van der Waals surface area contributed by atoms with Crippen LogP contribution in [0.4, 0.5) is 0 Å². The fourth-order valence-corrected chi connectivity index (χ4v) is 2.95. The highest BCUT2D eigenvalue weighted by Gasteiger charge is 2.14. The molecule has 1 heterocycles. The molecule has 0 saturated carbocycles. The molecule has 7 heteroatoms. The second-order valence-electron chi connectivity index (χ2n) is 6.87. The van der Waals surface area contributed by atoms with E-state index in [9.17, 15) is 0 Å². The van der Waals surface area contributed by atoms with E-state index in [2.05, 4.69) is 34.7 Å². The summed E-state index contributed by atoms with van der Waals surface area (Å²) < 4.78 is 22.1. The van der Waals surface area contributed by atoms with Gasteiger partial charge in [0.05, 0.1) is 19.3 Å². The summed E-state index contributed by atoms with van der Waals surface area (Å²) in [5.41, 5.74) is 2.26. The highest BCUT2D eigenvalue weighted by atomic mass is 16.5. The van der Waals surface area contributed by atoms with Gasteiger partial charge in [0.1, 0.15) is 12.4 Å². The molecule has 1 aromatic rings. The van der Waals surface area contributed by atoms with Gasteiger partial charge in [-0.05, 0) is 37.8 Å². The van der Waals surface area contributed by atoms with Gasteiger partial charge in [-0.25, -0.2) is 0 Å². The molecule has 1 aromatic carbocycles. The van der Waals surface area contributed by atoms with Crippen LogP contribution in [0.1, 0.15) is 30.4 Å². The van der Waals surface area contributed by atoms with Crippen molar-refractivity contribution in [3.63, 3.8) is 0 Å². The fraction of sp³-hybridized carbons (Fsp3) is 0.667. The van der Waals surface area contributed by atoms with E-state index in [1.54, 1.807) is 14.2 Å². The Labute approximate surface area is 168 Å². The zero-order valence-electron chi connectivity index (χ0n) is 17.5. The van der Waals surface area contributed by atoms with Gasteiger partial charge in [-0.1, -0.05) is 12.1 Å². The molecular formula is C21H35N3O4. The van der Waals surface area contributed by atoms with E-state index in [1.165, 1.54) is 5.56 Å². The van der Waals surface area contributed by atoms with Crippen LogP contribution in [0.15, 0.2) is 23.2 Å². The first-order valence-electron chi connectivity index (χ1n) is 10.1. The molecule has 0 bridgehead atoms. The molecule has 0 spiro atoms. The van der Waals surface area contributed by atoms with Crippen LogP contribution in [-0.2, 0) is 20.8 Å². The van der Waals surface area contributed by atoms with Gasteiger partial charge in [0.2, 0.25) is 0 Å². The minimum atomic E-state index is 0.289. The Bertz CT molecular complexity index is 589. The standard InChI is InChI=1S/C21H35N3O4/c1-17-7-8-18(20(14-17)28-13-12-25-3)15-24-21(22-2)23-9-5-10-26-16-19-6-4-11-27-19/h7-8,14,19H,4-6,9-13,15-16H2,1-3H3,(H2,22,23,24). The molecule has 0 radical (unpaired) electrons. The van der Waals surface area contributed by atoms with Crippen LogP contribution in [0.25, 0.3) is 0 Å². The van der Waals surface area contributed by atoms with Crippen LogP contribution in [0.3, 0.4) is 0 Å². The SMILES string of the molecule is CN=C(NCCCOCC1CCCO1)NCc1ccc(C)cc1OCCOC. The summed E-state index contributed by atoms with van der Waals surface area (Å²) in [4.78, 5) is 4.28. The first kappa shape index (κ1) is 22.5. The minimum Gasteiger partial charge on any atom is -0.491 e. The Balaban J connectivity index is 1.66. The van der Waals surface area contributed by atoms with Gasteiger partial charge >= 0.3 is 0 Å². The number of methoxy groups -OCH3 is 1. The largest absolute Gasteiger partial charge is 0.491 e. The Morgan fingerprint density at radius 2 is 2.14 bits per heavy atom. The number of hydrogen-bond donors (Lipinski definition) is 2. The lowest BCUT2D eigenvalue weighted by Gasteiger charge is -2.15. The molecule has 1 unspecified atom stereocenters. The van der Waals surface area contributed by atoms with Crippen molar-refractivity contribution in [2.24, 2.45) is 4.99 Å². The van der Waals surface area contributed by atoms with E-state index in [4.69, 9.17) is 18.9 Å². The van der Waals surface area contributed by atoms with E-state index in [1.807, 2.05) is 6.07 Å². The summed E-state index contributed by atoms with van der Waals surface area (Å²) in [6, 6.07) is 6.22. The lowest BCUT2D eigenvalue weighted by molar-refractivity contribution is 0.0168. The molecular weight excluding hydrogens is 358 g/mol. The second-order valence-corrected chi connectivity index (χ2v) is 6.87. The average molecular weight is 394 g/mol. The second kappa shape index (κ2) is 13.4. The highest BCUT2D eigenvalue weighted by molar-refractivity contribution is 5.79.